The van der Waals surface area contributed by atoms with Gasteiger partial charge in [-0.25, -0.2) is 0 Å². The van der Waals surface area contributed by atoms with E-state index in [1.807, 2.05) is 0 Å². The molecule has 0 atom stereocenters. The van der Waals surface area contributed by atoms with Crippen molar-refractivity contribution in [2.75, 3.05) is 13.1 Å². The van der Waals surface area contributed by atoms with Gasteiger partial charge in [-0.05, 0) is 19.4 Å². The highest BCUT2D eigenvalue weighted by Gasteiger charge is 2.11. The molecular formula is C14H28N2O2. The van der Waals surface area contributed by atoms with Crippen LogP contribution >= 0.6 is 0 Å². The summed E-state index contributed by atoms with van der Waals surface area (Å²) in [4.78, 5) is 23.6. The average molecular weight is 256 g/mol. The molecule has 0 saturated carbocycles. The molecule has 0 heterocycles. The number of amides is 2. The molecule has 0 spiro atoms. The largest absolute Gasteiger partial charge is 0.330 e. The molecule has 0 aromatic heterocycles. The van der Waals surface area contributed by atoms with Crippen molar-refractivity contribution in [1.82, 2.24) is 4.90 Å². The summed E-state index contributed by atoms with van der Waals surface area (Å²) < 4.78 is 0. The van der Waals surface area contributed by atoms with Gasteiger partial charge in [0.05, 0.1) is 0 Å². The van der Waals surface area contributed by atoms with Gasteiger partial charge in [0.25, 0.3) is 0 Å². The molecule has 0 aliphatic carbocycles. The van der Waals surface area contributed by atoms with Crippen LogP contribution in [0.1, 0.15) is 65.2 Å². The predicted octanol–water partition coefficient (Wildman–Crippen LogP) is 2.46. The fourth-order valence-corrected chi connectivity index (χ4v) is 2.01. The predicted molar refractivity (Wildman–Crippen MR) is 74.1 cm³/mol. The number of nitrogens with two attached hydrogens (primary N) is 1. The molecule has 2 amide bonds. The summed E-state index contributed by atoms with van der Waals surface area (Å²) in [6.45, 7) is 4.25. The van der Waals surface area contributed by atoms with Gasteiger partial charge in [0.15, 0.2) is 0 Å². The molecule has 0 rings (SSSR count). The third-order valence-corrected chi connectivity index (χ3v) is 3.10. The van der Waals surface area contributed by atoms with Gasteiger partial charge in [-0.1, -0.05) is 38.5 Å². The molecule has 4 heteroatoms. The van der Waals surface area contributed by atoms with Crippen molar-refractivity contribution in [3.63, 3.8) is 0 Å². The van der Waals surface area contributed by atoms with E-state index in [1.165, 1.54) is 50.9 Å². The highest BCUT2D eigenvalue weighted by atomic mass is 16.2. The lowest BCUT2D eigenvalue weighted by molar-refractivity contribution is -0.142. The number of hydrogen-bond donors (Lipinski definition) is 1. The highest BCUT2D eigenvalue weighted by Crippen LogP contribution is 2.09. The van der Waals surface area contributed by atoms with E-state index in [1.54, 1.807) is 0 Å². The molecule has 0 bridgehead atoms. The van der Waals surface area contributed by atoms with E-state index in [4.69, 9.17) is 5.73 Å². The van der Waals surface area contributed by atoms with E-state index in [-0.39, 0.29) is 11.8 Å². The number of carbonyl (C=O) groups excluding carboxylic acids is 2. The van der Waals surface area contributed by atoms with Gasteiger partial charge in [-0.3, -0.25) is 14.5 Å². The standard InChI is InChI=1S/C14H28N2O2/c1-13(17)16(14(2)18)12-10-8-6-4-3-5-7-9-11-15/h3-12,15H2,1-2H3. The van der Waals surface area contributed by atoms with Crippen molar-refractivity contribution in [3.05, 3.63) is 0 Å². The zero-order valence-electron chi connectivity index (χ0n) is 11.9. The van der Waals surface area contributed by atoms with Crippen LogP contribution in [0.15, 0.2) is 0 Å². The van der Waals surface area contributed by atoms with E-state index in [2.05, 4.69) is 0 Å². The second-order valence-corrected chi connectivity index (χ2v) is 4.81. The quantitative estimate of drug-likeness (QED) is 0.611. The zero-order chi connectivity index (χ0) is 13.8. The Kier molecular flexibility index (Phi) is 10.6. The second kappa shape index (κ2) is 11.2. The third-order valence-electron chi connectivity index (χ3n) is 3.10. The van der Waals surface area contributed by atoms with Crippen molar-refractivity contribution >= 4 is 11.8 Å². The minimum Gasteiger partial charge on any atom is -0.330 e. The molecule has 0 unspecified atom stereocenters. The molecular weight excluding hydrogens is 228 g/mol. The molecule has 4 nitrogen and oxygen atoms in total. The SMILES string of the molecule is CC(=O)N(CCCCCCCCCCN)C(C)=O. The Morgan fingerprint density at radius 1 is 0.778 bits per heavy atom. The van der Waals surface area contributed by atoms with Crippen LogP contribution in [-0.2, 0) is 9.59 Å². The molecule has 2 N–H and O–H groups in total. The van der Waals surface area contributed by atoms with Crippen LogP contribution in [0.5, 0.6) is 0 Å². The van der Waals surface area contributed by atoms with Crippen molar-refractivity contribution in [3.8, 4) is 0 Å². The Bertz CT molecular complexity index is 228. The number of hydrogen-bond acceptors (Lipinski definition) is 3. The first-order valence-electron chi connectivity index (χ1n) is 7.08. The Morgan fingerprint density at radius 2 is 1.17 bits per heavy atom. The van der Waals surface area contributed by atoms with Crippen molar-refractivity contribution in [1.29, 1.82) is 0 Å². The molecule has 106 valence electrons. The van der Waals surface area contributed by atoms with Crippen LogP contribution in [0.4, 0.5) is 0 Å². The Labute approximate surface area is 111 Å². The highest BCUT2D eigenvalue weighted by molar-refractivity contribution is 5.92. The van der Waals surface area contributed by atoms with Crippen molar-refractivity contribution in [2.45, 2.75) is 65.2 Å². The van der Waals surface area contributed by atoms with Crippen molar-refractivity contribution in [2.24, 2.45) is 5.73 Å². The Morgan fingerprint density at radius 3 is 1.56 bits per heavy atom. The number of unbranched alkanes of at least 4 members (excludes halogenated alkanes) is 7. The Hall–Kier alpha value is -0.900. The minimum atomic E-state index is -0.149. The van der Waals surface area contributed by atoms with Gasteiger partial charge >= 0.3 is 0 Å². The summed E-state index contributed by atoms with van der Waals surface area (Å²) >= 11 is 0. The van der Waals surface area contributed by atoms with E-state index in [0.717, 1.165) is 25.8 Å². The fraction of sp³-hybridized carbons (Fsp3) is 0.857. The number of nitrogens with zero attached hydrogens (tertiary/aromatic N) is 1. The van der Waals surface area contributed by atoms with Crippen molar-refractivity contribution < 1.29 is 9.59 Å². The summed E-state index contributed by atoms with van der Waals surface area (Å²) in [6.07, 6.45) is 9.34. The first-order valence-corrected chi connectivity index (χ1v) is 7.08. The maximum atomic E-state index is 11.1. The lowest BCUT2D eigenvalue weighted by Gasteiger charge is -2.16. The smallest absolute Gasteiger partial charge is 0.226 e. The van der Waals surface area contributed by atoms with Crippen LogP contribution in [0.3, 0.4) is 0 Å². The van der Waals surface area contributed by atoms with Gasteiger partial charge in [0.1, 0.15) is 0 Å². The van der Waals surface area contributed by atoms with E-state index in [9.17, 15) is 9.59 Å². The minimum absolute atomic E-state index is 0.149. The number of carbonyl (C=O) groups is 2. The zero-order valence-corrected chi connectivity index (χ0v) is 11.9. The van der Waals surface area contributed by atoms with Crippen LogP contribution < -0.4 is 5.73 Å². The first-order chi connectivity index (χ1) is 8.59. The summed E-state index contributed by atoms with van der Waals surface area (Å²) in [5.74, 6) is -0.298. The normalized spacial score (nSPS) is 10.4. The van der Waals surface area contributed by atoms with E-state index in [0.29, 0.717) is 6.54 Å². The fourth-order valence-electron chi connectivity index (χ4n) is 2.01. The van der Waals surface area contributed by atoms with Crippen LogP contribution in [0, 0.1) is 0 Å². The van der Waals surface area contributed by atoms with Gasteiger partial charge in [0, 0.05) is 20.4 Å². The summed E-state index contributed by atoms with van der Waals surface area (Å²) in [5, 5.41) is 0. The van der Waals surface area contributed by atoms with E-state index >= 15 is 0 Å². The topological polar surface area (TPSA) is 63.4 Å². The summed E-state index contributed by atoms with van der Waals surface area (Å²) in [5.41, 5.74) is 5.43. The third kappa shape index (κ3) is 9.16. The number of rotatable bonds is 10. The van der Waals surface area contributed by atoms with Crippen LogP contribution in [0.2, 0.25) is 0 Å². The summed E-state index contributed by atoms with van der Waals surface area (Å²) in [6, 6.07) is 0. The molecule has 0 fully saturated rings. The van der Waals surface area contributed by atoms with Crippen LogP contribution in [0.25, 0.3) is 0 Å². The molecule has 0 aliphatic heterocycles. The van der Waals surface area contributed by atoms with Gasteiger partial charge in [-0.15, -0.1) is 0 Å². The van der Waals surface area contributed by atoms with E-state index < -0.39 is 0 Å². The van der Waals surface area contributed by atoms with Gasteiger partial charge in [-0.2, -0.15) is 0 Å². The monoisotopic (exact) mass is 256 g/mol. The Balaban J connectivity index is 3.39. The lowest BCUT2D eigenvalue weighted by atomic mass is 10.1. The molecule has 0 saturated heterocycles. The maximum absolute atomic E-state index is 11.1. The number of imide groups is 1. The average Bonchev–Trinajstić information content (AvgIpc) is 2.30. The lowest BCUT2D eigenvalue weighted by Crippen LogP contribution is -2.34. The van der Waals surface area contributed by atoms with Crippen LogP contribution in [-0.4, -0.2) is 29.8 Å². The molecule has 0 radical (unpaired) electrons. The first kappa shape index (κ1) is 17.1. The molecule has 0 aliphatic rings. The summed E-state index contributed by atoms with van der Waals surface area (Å²) in [7, 11) is 0. The molecule has 0 aromatic rings. The maximum Gasteiger partial charge on any atom is 0.226 e. The molecule has 0 aromatic carbocycles. The van der Waals surface area contributed by atoms with Gasteiger partial charge < -0.3 is 5.73 Å². The van der Waals surface area contributed by atoms with Gasteiger partial charge in [0.2, 0.25) is 11.8 Å². The second-order valence-electron chi connectivity index (χ2n) is 4.81. The molecule has 18 heavy (non-hydrogen) atoms.